The maximum atomic E-state index is 9.28. The molecule has 2 rings (SSSR count). The first-order chi connectivity index (χ1) is 7.83. The highest BCUT2D eigenvalue weighted by molar-refractivity contribution is 5.40. The van der Waals surface area contributed by atoms with Crippen molar-refractivity contribution in [3.8, 4) is 11.5 Å². The van der Waals surface area contributed by atoms with Gasteiger partial charge in [0.25, 0.3) is 0 Å². The first kappa shape index (κ1) is 11.3. The molecule has 0 saturated heterocycles. The molecule has 0 amide bonds. The Bertz CT molecular complexity index is 343. The van der Waals surface area contributed by atoms with Crippen molar-refractivity contribution < 1.29 is 14.6 Å². The van der Waals surface area contributed by atoms with Crippen molar-refractivity contribution in [3.05, 3.63) is 23.8 Å². The molecule has 0 aromatic heterocycles. The largest absolute Gasteiger partial charge is 0.497 e. The van der Waals surface area contributed by atoms with E-state index in [-0.39, 0.29) is 6.61 Å². The van der Waals surface area contributed by atoms with Crippen LogP contribution in [0.25, 0.3) is 0 Å². The Kier molecular flexibility index (Phi) is 3.67. The van der Waals surface area contributed by atoms with E-state index in [4.69, 9.17) is 9.47 Å². The maximum Gasteiger partial charge on any atom is 0.125 e. The molecule has 88 valence electrons. The van der Waals surface area contributed by atoms with E-state index in [2.05, 4.69) is 0 Å². The van der Waals surface area contributed by atoms with Gasteiger partial charge < -0.3 is 14.6 Å². The van der Waals surface area contributed by atoms with Crippen molar-refractivity contribution in [1.29, 1.82) is 0 Å². The van der Waals surface area contributed by atoms with Crippen LogP contribution < -0.4 is 9.47 Å². The van der Waals surface area contributed by atoms with Gasteiger partial charge in [0.2, 0.25) is 0 Å². The zero-order chi connectivity index (χ0) is 11.4. The monoisotopic (exact) mass is 222 g/mol. The lowest BCUT2D eigenvalue weighted by Gasteiger charge is -2.16. The van der Waals surface area contributed by atoms with Gasteiger partial charge in [-0.15, -0.1) is 0 Å². The Morgan fingerprint density at radius 2 is 2.06 bits per heavy atom. The number of methoxy groups -OCH3 is 1. The summed E-state index contributed by atoms with van der Waals surface area (Å²) in [5.74, 6) is 1.54. The van der Waals surface area contributed by atoms with E-state index < -0.39 is 0 Å². The topological polar surface area (TPSA) is 38.7 Å². The molecule has 0 unspecified atom stereocenters. The van der Waals surface area contributed by atoms with E-state index in [0.717, 1.165) is 29.9 Å². The molecule has 16 heavy (non-hydrogen) atoms. The molecule has 0 heterocycles. The van der Waals surface area contributed by atoms with Crippen molar-refractivity contribution >= 4 is 0 Å². The first-order valence-electron chi connectivity index (χ1n) is 5.78. The normalized spacial score (nSPS) is 16.4. The van der Waals surface area contributed by atoms with Gasteiger partial charge in [-0.05, 0) is 43.9 Å². The van der Waals surface area contributed by atoms with Gasteiger partial charge in [0.15, 0.2) is 0 Å². The molecule has 1 fully saturated rings. The molecule has 3 nitrogen and oxygen atoms in total. The van der Waals surface area contributed by atoms with Gasteiger partial charge in [0.1, 0.15) is 11.5 Å². The maximum absolute atomic E-state index is 9.28. The van der Waals surface area contributed by atoms with Crippen LogP contribution in [-0.2, 0) is 6.61 Å². The number of aliphatic hydroxyl groups excluding tert-OH is 1. The predicted octanol–water partition coefficient (Wildman–Crippen LogP) is 2.51. The third-order valence-corrected chi connectivity index (χ3v) is 3.03. The summed E-state index contributed by atoms with van der Waals surface area (Å²) in [6.07, 6.45) is 5.05. The number of aliphatic hydroxyl groups is 1. The highest BCUT2D eigenvalue weighted by Gasteiger charge is 2.17. The fraction of sp³-hybridized carbons (Fsp3) is 0.538. The number of rotatable bonds is 4. The lowest BCUT2D eigenvalue weighted by molar-refractivity contribution is 0.199. The molecule has 1 aliphatic carbocycles. The van der Waals surface area contributed by atoms with E-state index in [1.54, 1.807) is 7.11 Å². The summed E-state index contributed by atoms with van der Waals surface area (Å²) in [5, 5.41) is 9.28. The first-order valence-corrected chi connectivity index (χ1v) is 5.78. The average Bonchev–Trinajstić information content (AvgIpc) is 2.82. The Morgan fingerprint density at radius 3 is 2.69 bits per heavy atom. The molecule has 0 bridgehead atoms. The summed E-state index contributed by atoms with van der Waals surface area (Å²) in [7, 11) is 1.62. The van der Waals surface area contributed by atoms with Gasteiger partial charge in [-0.25, -0.2) is 0 Å². The summed E-state index contributed by atoms with van der Waals surface area (Å²) in [6.45, 7) is -0.0146. The van der Waals surface area contributed by atoms with Crippen LogP contribution in [0.2, 0.25) is 0 Å². The quantitative estimate of drug-likeness (QED) is 0.850. The standard InChI is InChI=1S/C13H18O3/c1-15-12-6-7-13(10(8-12)9-14)16-11-4-2-3-5-11/h6-8,11,14H,2-5,9H2,1H3. The number of hydrogen-bond donors (Lipinski definition) is 1. The molecule has 0 radical (unpaired) electrons. The van der Waals surface area contributed by atoms with Gasteiger partial charge in [-0.2, -0.15) is 0 Å². The van der Waals surface area contributed by atoms with Gasteiger partial charge >= 0.3 is 0 Å². The molecule has 3 heteroatoms. The molecular formula is C13H18O3. The minimum atomic E-state index is -0.0146. The Balaban J connectivity index is 2.12. The van der Waals surface area contributed by atoms with E-state index in [0.29, 0.717) is 6.10 Å². The summed E-state index contributed by atoms with van der Waals surface area (Å²) >= 11 is 0. The molecule has 1 aromatic carbocycles. The molecule has 1 aromatic rings. The van der Waals surface area contributed by atoms with Crippen molar-refractivity contribution in [2.45, 2.75) is 38.4 Å². The average molecular weight is 222 g/mol. The molecule has 0 aliphatic heterocycles. The molecule has 0 atom stereocenters. The van der Waals surface area contributed by atoms with Crippen LogP contribution in [0.5, 0.6) is 11.5 Å². The van der Waals surface area contributed by atoms with Crippen LogP contribution in [0, 0.1) is 0 Å². The zero-order valence-electron chi connectivity index (χ0n) is 9.61. The summed E-state index contributed by atoms with van der Waals surface area (Å²) < 4.78 is 11.0. The lowest BCUT2D eigenvalue weighted by atomic mass is 10.2. The van der Waals surface area contributed by atoms with Crippen molar-refractivity contribution in [2.75, 3.05) is 7.11 Å². The molecule has 0 spiro atoms. The SMILES string of the molecule is COc1ccc(OC2CCCC2)c(CO)c1. The van der Waals surface area contributed by atoms with Crippen LogP contribution in [0.4, 0.5) is 0 Å². The van der Waals surface area contributed by atoms with Crippen LogP contribution in [-0.4, -0.2) is 18.3 Å². The minimum Gasteiger partial charge on any atom is -0.497 e. The van der Waals surface area contributed by atoms with Crippen LogP contribution in [0.1, 0.15) is 31.2 Å². The minimum absolute atomic E-state index is 0.0146. The van der Waals surface area contributed by atoms with E-state index >= 15 is 0 Å². The van der Waals surface area contributed by atoms with Crippen LogP contribution in [0.15, 0.2) is 18.2 Å². The van der Waals surface area contributed by atoms with Gasteiger partial charge in [-0.3, -0.25) is 0 Å². The van der Waals surface area contributed by atoms with E-state index in [1.807, 2.05) is 18.2 Å². The van der Waals surface area contributed by atoms with Crippen molar-refractivity contribution in [3.63, 3.8) is 0 Å². The summed E-state index contributed by atoms with van der Waals surface area (Å²) in [4.78, 5) is 0. The van der Waals surface area contributed by atoms with Crippen molar-refractivity contribution in [1.82, 2.24) is 0 Å². The molecular weight excluding hydrogens is 204 g/mol. The van der Waals surface area contributed by atoms with Gasteiger partial charge in [-0.1, -0.05) is 0 Å². The van der Waals surface area contributed by atoms with Gasteiger partial charge in [0.05, 0.1) is 19.8 Å². The molecule has 1 aliphatic rings. The Morgan fingerprint density at radius 1 is 1.31 bits per heavy atom. The zero-order valence-corrected chi connectivity index (χ0v) is 9.61. The third kappa shape index (κ3) is 2.47. The fourth-order valence-corrected chi connectivity index (χ4v) is 2.11. The second-order valence-corrected chi connectivity index (χ2v) is 4.16. The predicted molar refractivity (Wildman–Crippen MR) is 61.8 cm³/mol. The lowest BCUT2D eigenvalue weighted by Crippen LogP contribution is -2.12. The second kappa shape index (κ2) is 5.21. The van der Waals surface area contributed by atoms with Crippen molar-refractivity contribution in [2.24, 2.45) is 0 Å². The summed E-state index contributed by atoms with van der Waals surface area (Å²) in [6, 6.07) is 5.57. The van der Waals surface area contributed by atoms with Gasteiger partial charge in [0, 0.05) is 5.56 Å². The Hall–Kier alpha value is -1.22. The highest BCUT2D eigenvalue weighted by atomic mass is 16.5. The number of hydrogen-bond acceptors (Lipinski definition) is 3. The smallest absolute Gasteiger partial charge is 0.125 e. The van der Waals surface area contributed by atoms with E-state index in [9.17, 15) is 5.11 Å². The van der Waals surface area contributed by atoms with Crippen LogP contribution in [0.3, 0.4) is 0 Å². The molecule has 1 N–H and O–H groups in total. The third-order valence-electron chi connectivity index (χ3n) is 3.03. The summed E-state index contributed by atoms with van der Waals surface area (Å²) in [5.41, 5.74) is 0.797. The fourth-order valence-electron chi connectivity index (χ4n) is 2.11. The second-order valence-electron chi connectivity index (χ2n) is 4.16. The van der Waals surface area contributed by atoms with Crippen LogP contribution >= 0.6 is 0 Å². The number of ether oxygens (including phenoxy) is 2. The van der Waals surface area contributed by atoms with E-state index in [1.165, 1.54) is 12.8 Å². The highest BCUT2D eigenvalue weighted by Crippen LogP contribution is 2.29. The number of benzene rings is 1. The molecule has 1 saturated carbocycles. The Labute approximate surface area is 96.0 Å².